The summed E-state index contributed by atoms with van der Waals surface area (Å²) in [6, 6.07) is 24.3. The first-order valence-corrected chi connectivity index (χ1v) is 12.7. The van der Waals surface area contributed by atoms with Crippen LogP contribution in [0.2, 0.25) is 0 Å². The normalized spacial score (nSPS) is 15.1. The first-order valence-electron chi connectivity index (χ1n) is 11.2. The summed E-state index contributed by atoms with van der Waals surface area (Å²) in [6.45, 7) is 7.82. The number of hydrogen-bond donors (Lipinski definition) is 2. The van der Waals surface area contributed by atoms with E-state index in [4.69, 9.17) is 19.2 Å². The van der Waals surface area contributed by atoms with Crippen LogP contribution in [0.3, 0.4) is 0 Å². The summed E-state index contributed by atoms with van der Waals surface area (Å²) in [6.07, 6.45) is 4.55. The highest BCUT2D eigenvalue weighted by Crippen LogP contribution is 2.39. The topological polar surface area (TPSA) is 88.5 Å². The fourth-order valence-corrected chi connectivity index (χ4v) is 4.99. The second-order valence-corrected chi connectivity index (χ2v) is 9.93. The molecule has 1 aliphatic rings. The minimum absolute atomic E-state index is 0.00415. The average Bonchev–Trinajstić information content (AvgIpc) is 3.20. The molecule has 7 heteroatoms. The number of hydrogen-bond acceptors (Lipinski definition) is 2. The molecule has 6 nitrogen and oxygen atoms in total. The summed E-state index contributed by atoms with van der Waals surface area (Å²) in [4.78, 5) is 22.9. The van der Waals surface area contributed by atoms with Crippen molar-refractivity contribution in [1.29, 1.82) is 0 Å². The van der Waals surface area contributed by atoms with Crippen molar-refractivity contribution >= 4 is 47.1 Å². The van der Waals surface area contributed by atoms with Gasteiger partial charge in [0.15, 0.2) is 5.71 Å². The molecule has 1 aliphatic heterocycles. The molecule has 0 bridgehead atoms. The van der Waals surface area contributed by atoms with Gasteiger partial charge in [-0.05, 0) is 50.6 Å². The molecule has 176 valence electrons. The molecule has 5 rings (SSSR count). The third-order valence-electron chi connectivity index (χ3n) is 6.49. The van der Waals surface area contributed by atoms with Crippen LogP contribution in [0.4, 0.5) is 5.69 Å². The lowest BCUT2D eigenvalue weighted by Gasteiger charge is -2.15. The van der Waals surface area contributed by atoms with Crippen LogP contribution in [-0.4, -0.2) is 31.7 Å². The number of allylic oxidation sites excluding steroid dienone is 1. The summed E-state index contributed by atoms with van der Waals surface area (Å²) in [5.74, 6) is 0. The Hall–Kier alpha value is -3.02. The molecule has 1 aromatic heterocycles. The van der Waals surface area contributed by atoms with Gasteiger partial charge in [0, 0.05) is 46.1 Å². The molecule has 4 aromatic rings. The van der Waals surface area contributed by atoms with Gasteiger partial charge in [-0.25, -0.2) is 0 Å². The van der Waals surface area contributed by atoms with Crippen LogP contribution in [0.1, 0.15) is 31.9 Å². The van der Waals surface area contributed by atoms with Gasteiger partial charge in [0.1, 0.15) is 7.05 Å². The van der Waals surface area contributed by atoms with Gasteiger partial charge in [-0.3, -0.25) is 4.57 Å². The number of rotatable bonds is 3. The average molecular weight is 477 g/mol. The number of phosphoric acid groups is 1. The maximum Gasteiger partial charge on any atom is 0.262 e. The van der Waals surface area contributed by atoms with E-state index in [1.807, 2.05) is 0 Å². The molecule has 0 aliphatic carbocycles. The molecule has 0 atom stereocenters. The highest BCUT2D eigenvalue weighted by Gasteiger charge is 2.42. The van der Waals surface area contributed by atoms with Crippen molar-refractivity contribution < 1.29 is 23.8 Å². The van der Waals surface area contributed by atoms with E-state index in [1.165, 1.54) is 44.3 Å². The van der Waals surface area contributed by atoms with Gasteiger partial charge in [0.25, 0.3) is 7.82 Å². The Morgan fingerprint density at radius 3 is 2.26 bits per heavy atom. The van der Waals surface area contributed by atoms with Crippen LogP contribution < -0.4 is 4.89 Å². The van der Waals surface area contributed by atoms with E-state index in [-0.39, 0.29) is 5.41 Å². The van der Waals surface area contributed by atoms with Crippen molar-refractivity contribution in [2.45, 2.75) is 32.7 Å². The lowest BCUT2D eigenvalue weighted by molar-refractivity contribution is -0.401. The summed E-state index contributed by atoms with van der Waals surface area (Å²) < 4.78 is 13.5. The van der Waals surface area contributed by atoms with E-state index < -0.39 is 7.82 Å². The Kier molecular flexibility index (Phi) is 6.36. The minimum atomic E-state index is -4.89. The van der Waals surface area contributed by atoms with Gasteiger partial charge in [-0.2, -0.15) is 4.58 Å². The van der Waals surface area contributed by atoms with E-state index in [1.54, 1.807) is 0 Å². The predicted molar refractivity (Wildman–Crippen MR) is 137 cm³/mol. The number of aromatic nitrogens is 1. The van der Waals surface area contributed by atoms with Crippen LogP contribution >= 0.6 is 7.82 Å². The molecule has 0 radical (unpaired) electrons. The summed E-state index contributed by atoms with van der Waals surface area (Å²) in [5.41, 5.74) is 7.89. The monoisotopic (exact) mass is 476 g/mol. The zero-order chi connectivity index (χ0) is 24.7. The second-order valence-electron chi connectivity index (χ2n) is 8.95. The SMILES string of the molecule is CCn1c2ccccc2c2cc(C=CC3=[N+](C)c4ccccc4C3(C)C)ccc21.O=P([O-])(O)O. The number of nitrogens with zero attached hydrogens (tertiary/aromatic N) is 2. The van der Waals surface area contributed by atoms with Crippen molar-refractivity contribution in [3.8, 4) is 0 Å². The Morgan fingerprint density at radius 2 is 1.59 bits per heavy atom. The second kappa shape index (κ2) is 8.97. The predicted octanol–water partition coefficient (Wildman–Crippen LogP) is 4.97. The van der Waals surface area contributed by atoms with Crippen LogP contribution in [-0.2, 0) is 16.5 Å². The number of aryl methyl sites for hydroxylation is 1. The van der Waals surface area contributed by atoms with E-state index in [0.717, 1.165) is 6.54 Å². The van der Waals surface area contributed by atoms with Crippen LogP contribution in [0.15, 0.2) is 72.8 Å². The Balaban J connectivity index is 0.000000499. The van der Waals surface area contributed by atoms with Crippen LogP contribution in [0.25, 0.3) is 27.9 Å². The minimum Gasteiger partial charge on any atom is -0.756 e. The molecular formula is C27H29N2O4P. The van der Waals surface area contributed by atoms with E-state index >= 15 is 0 Å². The molecule has 0 saturated carbocycles. The van der Waals surface area contributed by atoms with Crippen molar-refractivity contribution in [2.75, 3.05) is 7.05 Å². The number of para-hydroxylation sites is 2. The highest BCUT2D eigenvalue weighted by molar-refractivity contribution is 7.43. The molecule has 0 amide bonds. The van der Waals surface area contributed by atoms with Crippen molar-refractivity contribution in [1.82, 2.24) is 4.57 Å². The first-order chi connectivity index (χ1) is 16.0. The quantitative estimate of drug-likeness (QED) is 0.323. The van der Waals surface area contributed by atoms with E-state index in [9.17, 15) is 0 Å². The maximum atomic E-state index is 8.77. The Morgan fingerprint density at radius 1 is 0.971 bits per heavy atom. The smallest absolute Gasteiger partial charge is 0.262 e. The highest BCUT2D eigenvalue weighted by atomic mass is 31.2. The molecule has 34 heavy (non-hydrogen) atoms. The first kappa shape index (κ1) is 24.1. The van der Waals surface area contributed by atoms with Crippen molar-refractivity contribution in [3.63, 3.8) is 0 Å². The molecule has 3 aromatic carbocycles. The van der Waals surface area contributed by atoms with Gasteiger partial charge in [-0.15, -0.1) is 0 Å². The molecule has 2 N–H and O–H groups in total. The van der Waals surface area contributed by atoms with Gasteiger partial charge < -0.3 is 19.2 Å². The lowest BCUT2D eigenvalue weighted by atomic mass is 9.81. The third-order valence-corrected chi connectivity index (χ3v) is 6.49. The molecular weight excluding hydrogens is 447 g/mol. The fourth-order valence-electron chi connectivity index (χ4n) is 4.99. The number of fused-ring (bicyclic) bond motifs is 4. The summed E-state index contributed by atoms with van der Waals surface area (Å²) in [7, 11) is -2.72. The summed E-state index contributed by atoms with van der Waals surface area (Å²) >= 11 is 0. The van der Waals surface area contributed by atoms with Crippen molar-refractivity contribution in [3.05, 3.63) is 83.9 Å². The van der Waals surface area contributed by atoms with Gasteiger partial charge >= 0.3 is 0 Å². The van der Waals surface area contributed by atoms with E-state index in [2.05, 4.69) is 116 Å². The molecule has 0 saturated heterocycles. The van der Waals surface area contributed by atoms with Gasteiger partial charge in [0.2, 0.25) is 5.69 Å². The zero-order valence-electron chi connectivity index (χ0n) is 19.8. The third kappa shape index (κ3) is 4.50. The fraction of sp³-hybridized carbons (Fsp3) is 0.222. The molecule has 0 fully saturated rings. The van der Waals surface area contributed by atoms with Crippen molar-refractivity contribution in [2.24, 2.45) is 0 Å². The van der Waals surface area contributed by atoms with Crippen LogP contribution in [0, 0.1) is 0 Å². The molecule has 2 heterocycles. The Bertz CT molecular complexity index is 1480. The largest absolute Gasteiger partial charge is 0.756 e. The molecule has 0 spiro atoms. The maximum absolute atomic E-state index is 8.77. The lowest BCUT2D eigenvalue weighted by Crippen LogP contribution is -2.26. The zero-order valence-corrected chi connectivity index (χ0v) is 20.7. The van der Waals surface area contributed by atoms with Gasteiger partial charge in [-0.1, -0.05) is 42.5 Å². The van der Waals surface area contributed by atoms with Gasteiger partial charge in [0.05, 0.1) is 5.41 Å². The summed E-state index contributed by atoms with van der Waals surface area (Å²) in [5, 5.41) is 2.66. The van der Waals surface area contributed by atoms with E-state index in [0.29, 0.717) is 0 Å². The molecule has 0 unspecified atom stereocenters. The van der Waals surface area contributed by atoms with Crippen LogP contribution in [0.5, 0.6) is 0 Å². The Labute approximate surface area is 199 Å². The number of benzene rings is 3. The standard InChI is InChI=1S/C27H27N2.H3O4P/c1-5-29-23-12-8-6-10-20(23)21-18-19(14-16-24(21)29)15-17-26-27(2,3)22-11-7-9-13-25(22)28(26)4;1-5(2,3)4/h6-18H,5H2,1-4H3;(H3,1,2,3,4)/q+1;/p-1.